The van der Waals surface area contributed by atoms with Gasteiger partial charge in [-0.25, -0.2) is 19.3 Å². The highest BCUT2D eigenvalue weighted by Gasteiger charge is 2.18. The van der Waals surface area contributed by atoms with Gasteiger partial charge in [0.15, 0.2) is 34.0 Å². The van der Waals surface area contributed by atoms with Crippen molar-refractivity contribution in [3.8, 4) is 22.3 Å². The maximum absolute atomic E-state index is 14.2. The van der Waals surface area contributed by atoms with Gasteiger partial charge in [0.1, 0.15) is 13.2 Å². The normalized spacial score (nSPS) is 12.9. The van der Waals surface area contributed by atoms with Crippen molar-refractivity contribution in [2.75, 3.05) is 25.2 Å². The lowest BCUT2D eigenvalue weighted by molar-refractivity contribution is 0.171. The maximum atomic E-state index is 14.2. The Morgan fingerprint density at radius 3 is 2.79 bits per heavy atom. The Bertz CT molecular complexity index is 873. The molecule has 0 N–H and O–H groups in total. The first kappa shape index (κ1) is 14.8. The monoisotopic (exact) mass is 344 g/mol. The van der Waals surface area contributed by atoms with Gasteiger partial charge in [-0.2, -0.15) is 0 Å². The number of halogens is 1. The molecule has 0 aliphatic carbocycles. The van der Waals surface area contributed by atoms with Gasteiger partial charge in [0.2, 0.25) is 0 Å². The Morgan fingerprint density at radius 2 is 2.00 bits per heavy atom. The quantitative estimate of drug-likeness (QED) is 0.727. The maximum Gasteiger partial charge on any atom is 0.190 e. The van der Waals surface area contributed by atoms with E-state index in [0.717, 1.165) is 11.9 Å². The predicted molar refractivity (Wildman–Crippen MR) is 88.6 cm³/mol. The molecule has 0 fully saturated rings. The summed E-state index contributed by atoms with van der Waals surface area (Å²) in [4.78, 5) is 14.1. The number of nitrogens with zero attached hydrogens (tertiary/aromatic N) is 4. The molecule has 4 rings (SSSR count). The molecule has 1 aliphatic heterocycles. The molecule has 0 amide bonds. The molecule has 0 saturated carbocycles. The zero-order valence-corrected chi connectivity index (χ0v) is 13.6. The fourth-order valence-electron chi connectivity index (χ4n) is 2.39. The second-order valence-corrected chi connectivity index (χ2v) is 5.98. The third-order valence-electron chi connectivity index (χ3n) is 3.58. The van der Waals surface area contributed by atoms with Crippen molar-refractivity contribution in [1.82, 2.24) is 15.0 Å². The van der Waals surface area contributed by atoms with E-state index in [1.54, 1.807) is 30.3 Å². The summed E-state index contributed by atoms with van der Waals surface area (Å²) in [5.41, 5.74) is 0.738. The van der Waals surface area contributed by atoms with Gasteiger partial charge in [0.25, 0.3) is 0 Å². The van der Waals surface area contributed by atoms with E-state index in [9.17, 15) is 4.39 Å². The van der Waals surface area contributed by atoms with E-state index in [1.807, 2.05) is 11.4 Å². The van der Waals surface area contributed by atoms with Crippen LogP contribution in [0.2, 0.25) is 0 Å². The Morgan fingerprint density at radius 1 is 1.17 bits per heavy atom. The summed E-state index contributed by atoms with van der Waals surface area (Å²) >= 11 is 1.40. The number of thiazole rings is 1. The summed E-state index contributed by atoms with van der Waals surface area (Å²) in [5, 5.41) is 2.47. The minimum Gasteiger partial charge on any atom is -0.486 e. The van der Waals surface area contributed by atoms with E-state index < -0.39 is 5.82 Å². The molecule has 0 atom stereocenters. The third-order valence-corrected chi connectivity index (χ3v) is 4.35. The molecule has 0 radical (unpaired) electrons. The van der Waals surface area contributed by atoms with Crippen molar-refractivity contribution in [2.45, 2.75) is 0 Å². The van der Waals surface area contributed by atoms with Gasteiger partial charge in [-0.05, 0) is 12.1 Å². The Hall–Kier alpha value is -2.74. The average Bonchev–Trinajstić information content (AvgIpc) is 3.16. The number of anilines is 2. The van der Waals surface area contributed by atoms with Gasteiger partial charge in [-0.1, -0.05) is 0 Å². The molecular formula is C16H13FN4O2S. The molecule has 24 heavy (non-hydrogen) atoms. The van der Waals surface area contributed by atoms with Crippen LogP contribution in [0.4, 0.5) is 15.9 Å². The van der Waals surface area contributed by atoms with Gasteiger partial charge in [-0.15, -0.1) is 11.3 Å². The molecule has 3 heterocycles. The number of benzene rings is 1. The van der Waals surface area contributed by atoms with Crippen LogP contribution in [-0.4, -0.2) is 35.2 Å². The molecule has 0 bridgehead atoms. The smallest absolute Gasteiger partial charge is 0.190 e. The molecule has 3 aromatic rings. The van der Waals surface area contributed by atoms with Crippen molar-refractivity contribution < 1.29 is 13.9 Å². The standard InChI is InChI=1S/C16H13FN4O2S/c1-21(10-2-3-12-13(8-10)23-6-5-22-12)15-11(17)9-19-14(20-15)16-18-4-7-24-16/h2-4,7-9H,5-6H2,1H3. The van der Waals surface area contributed by atoms with E-state index in [0.29, 0.717) is 35.5 Å². The van der Waals surface area contributed by atoms with Gasteiger partial charge in [0.05, 0.1) is 6.20 Å². The number of hydrogen-bond donors (Lipinski definition) is 0. The van der Waals surface area contributed by atoms with E-state index >= 15 is 0 Å². The predicted octanol–water partition coefficient (Wildman–Crippen LogP) is 3.28. The molecule has 6 nitrogen and oxygen atoms in total. The number of ether oxygens (including phenoxy) is 2. The Balaban J connectivity index is 1.71. The molecular weight excluding hydrogens is 331 g/mol. The first-order valence-electron chi connectivity index (χ1n) is 7.28. The van der Waals surface area contributed by atoms with Crippen LogP contribution in [0.25, 0.3) is 10.8 Å². The van der Waals surface area contributed by atoms with Gasteiger partial charge in [-0.3, -0.25) is 0 Å². The second-order valence-electron chi connectivity index (χ2n) is 5.09. The Kier molecular flexibility index (Phi) is 3.73. The first-order valence-corrected chi connectivity index (χ1v) is 8.16. The first-order chi connectivity index (χ1) is 11.7. The van der Waals surface area contributed by atoms with Crippen molar-refractivity contribution in [2.24, 2.45) is 0 Å². The minimum absolute atomic E-state index is 0.173. The average molecular weight is 344 g/mol. The summed E-state index contributed by atoms with van der Waals surface area (Å²) in [6.07, 6.45) is 2.82. The molecule has 8 heteroatoms. The number of rotatable bonds is 3. The number of aromatic nitrogens is 3. The van der Waals surface area contributed by atoms with Crippen molar-refractivity contribution >= 4 is 22.8 Å². The molecule has 2 aromatic heterocycles. The topological polar surface area (TPSA) is 60.4 Å². The second kappa shape index (κ2) is 6.04. The van der Waals surface area contributed by atoms with Crippen LogP contribution in [0.5, 0.6) is 11.5 Å². The fourth-order valence-corrected chi connectivity index (χ4v) is 2.97. The highest BCUT2D eigenvalue weighted by atomic mass is 32.1. The van der Waals surface area contributed by atoms with E-state index in [-0.39, 0.29) is 5.82 Å². The largest absolute Gasteiger partial charge is 0.486 e. The SMILES string of the molecule is CN(c1ccc2c(c1)OCCO2)c1nc(-c2nccs2)ncc1F. The summed E-state index contributed by atoms with van der Waals surface area (Å²) in [5.74, 6) is 1.38. The summed E-state index contributed by atoms with van der Waals surface area (Å²) < 4.78 is 25.3. The highest BCUT2D eigenvalue weighted by molar-refractivity contribution is 7.13. The zero-order chi connectivity index (χ0) is 16.5. The number of hydrogen-bond acceptors (Lipinski definition) is 7. The van der Waals surface area contributed by atoms with Crippen molar-refractivity contribution in [3.05, 3.63) is 41.8 Å². The molecule has 0 unspecified atom stereocenters. The lowest BCUT2D eigenvalue weighted by Crippen LogP contribution is -2.17. The number of fused-ring (bicyclic) bond motifs is 1. The molecule has 1 aromatic carbocycles. The summed E-state index contributed by atoms with van der Waals surface area (Å²) in [6.45, 7) is 1.02. The van der Waals surface area contributed by atoms with Crippen molar-refractivity contribution in [1.29, 1.82) is 0 Å². The molecule has 0 spiro atoms. The van der Waals surface area contributed by atoms with Crippen molar-refractivity contribution in [3.63, 3.8) is 0 Å². The molecule has 1 aliphatic rings. The third kappa shape index (κ3) is 2.65. The highest BCUT2D eigenvalue weighted by Crippen LogP contribution is 2.36. The molecule has 0 saturated heterocycles. The zero-order valence-electron chi connectivity index (χ0n) is 12.8. The van der Waals surface area contributed by atoms with E-state index in [4.69, 9.17) is 9.47 Å². The lowest BCUT2D eigenvalue weighted by atomic mass is 10.2. The molecule has 122 valence electrons. The van der Waals surface area contributed by atoms with Gasteiger partial charge < -0.3 is 14.4 Å². The Labute approximate surface area is 141 Å². The van der Waals surface area contributed by atoms with E-state index in [2.05, 4.69) is 15.0 Å². The van der Waals surface area contributed by atoms with Crippen LogP contribution in [0.1, 0.15) is 0 Å². The van der Waals surface area contributed by atoms with Gasteiger partial charge in [0, 0.05) is 30.4 Å². The van der Waals surface area contributed by atoms with Crippen LogP contribution in [-0.2, 0) is 0 Å². The van der Waals surface area contributed by atoms with Crippen LogP contribution in [0.3, 0.4) is 0 Å². The lowest BCUT2D eigenvalue weighted by Gasteiger charge is -2.23. The van der Waals surface area contributed by atoms with Crippen LogP contribution in [0.15, 0.2) is 36.0 Å². The van der Waals surface area contributed by atoms with Gasteiger partial charge >= 0.3 is 0 Å². The van der Waals surface area contributed by atoms with Crippen LogP contribution in [0, 0.1) is 5.82 Å². The van der Waals surface area contributed by atoms with E-state index in [1.165, 1.54) is 11.3 Å². The minimum atomic E-state index is -0.507. The van der Waals surface area contributed by atoms with Crippen LogP contribution >= 0.6 is 11.3 Å². The fraction of sp³-hybridized carbons (Fsp3) is 0.188. The van der Waals surface area contributed by atoms with Crippen LogP contribution < -0.4 is 14.4 Å². The summed E-state index contributed by atoms with van der Waals surface area (Å²) in [7, 11) is 1.74. The summed E-state index contributed by atoms with van der Waals surface area (Å²) in [6, 6.07) is 5.44.